The van der Waals surface area contributed by atoms with Gasteiger partial charge in [0.15, 0.2) is 5.11 Å². The maximum atomic E-state index is 12.1. The molecule has 144 valence electrons. The predicted molar refractivity (Wildman–Crippen MR) is 99.0 cm³/mol. The summed E-state index contributed by atoms with van der Waals surface area (Å²) in [6, 6.07) is 5.83. The van der Waals surface area contributed by atoms with E-state index in [-0.39, 0.29) is 16.1 Å². The first-order valence-electron chi connectivity index (χ1n) is 7.99. The van der Waals surface area contributed by atoms with Crippen molar-refractivity contribution < 1.29 is 22.7 Å². The van der Waals surface area contributed by atoms with E-state index in [9.17, 15) is 13.2 Å². The first kappa shape index (κ1) is 20.4. The molecule has 26 heavy (non-hydrogen) atoms. The van der Waals surface area contributed by atoms with Crippen LogP contribution in [0, 0.1) is 0 Å². The van der Waals surface area contributed by atoms with Gasteiger partial charge in [0.2, 0.25) is 10.0 Å². The van der Waals surface area contributed by atoms with Crippen molar-refractivity contribution in [3.8, 4) is 5.75 Å². The maximum absolute atomic E-state index is 12.1. The second-order valence-corrected chi connectivity index (χ2v) is 7.69. The van der Waals surface area contributed by atoms with Crippen LogP contribution in [0.5, 0.6) is 5.75 Å². The van der Waals surface area contributed by atoms with E-state index in [1.165, 1.54) is 31.4 Å². The molecule has 2 rings (SSSR count). The Hall–Kier alpha value is -1.95. The van der Waals surface area contributed by atoms with Gasteiger partial charge in [0.1, 0.15) is 5.75 Å². The molecule has 0 spiro atoms. The molecule has 1 amide bonds. The predicted octanol–water partition coefficient (Wildman–Crippen LogP) is -0.352. The lowest BCUT2D eigenvalue weighted by Gasteiger charge is -2.14. The molecule has 0 saturated carbocycles. The number of methoxy groups -OCH3 is 1. The van der Waals surface area contributed by atoms with Crippen LogP contribution in [0.3, 0.4) is 0 Å². The summed E-state index contributed by atoms with van der Waals surface area (Å²) in [7, 11) is -2.31. The van der Waals surface area contributed by atoms with E-state index >= 15 is 0 Å². The van der Waals surface area contributed by atoms with Gasteiger partial charge in [-0.1, -0.05) is 0 Å². The van der Waals surface area contributed by atoms with Gasteiger partial charge >= 0.3 is 0 Å². The van der Waals surface area contributed by atoms with Crippen molar-refractivity contribution in [2.45, 2.75) is 23.8 Å². The van der Waals surface area contributed by atoms with Crippen molar-refractivity contribution in [1.82, 2.24) is 20.9 Å². The Morgan fingerprint density at radius 2 is 2.04 bits per heavy atom. The minimum atomic E-state index is -3.80. The molecular weight excluding hydrogens is 380 g/mol. The van der Waals surface area contributed by atoms with Crippen LogP contribution in [-0.2, 0) is 19.6 Å². The van der Waals surface area contributed by atoms with Gasteiger partial charge in [-0.05, 0) is 49.3 Å². The lowest BCUT2D eigenvalue weighted by atomic mass is 10.2. The van der Waals surface area contributed by atoms with Gasteiger partial charge in [0.25, 0.3) is 5.91 Å². The van der Waals surface area contributed by atoms with Gasteiger partial charge in [0.05, 0.1) is 24.7 Å². The zero-order chi connectivity index (χ0) is 19.0. The topological polar surface area (TPSA) is 118 Å². The lowest BCUT2D eigenvalue weighted by molar-refractivity contribution is -0.120. The lowest BCUT2D eigenvalue weighted by Crippen LogP contribution is -2.50. The summed E-state index contributed by atoms with van der Waals surface area (Å²) in [5.41, 5.74) is 4.83. The summed E-state index contributed by atoms with van der Waals surface area (Å²) in [5, 5.41) is 3.15. The number of hydrogen-bond acceptors (Lipinski definition) is 6. The van der Waals surface area contributed by atoms with Gasteiger partial charge < -0.3 is 14.8 Å². The van der Waals surface area contributed by atoms with E-state index in [1.807, 2.05) is 0 Å². The molecule has 1 atom stereocenters. The molecule has 1 aromatic carbocycles. The number of carbonyl (C=O) groups excluding carboxylic acids is 1. The van der Waals surface area contributed by atoms with Crippen LogP contribution >= 0.6 is 12.2 Å². The fourth-order valence-electron chi connectivity index (χ4n) is 2.23. The summed E-state index contributed by atoms with van der Waals surface area (Å²) in [6.45, 7) is 0.860. The molecule has 0 bridgehead atoms. The van der Waals surface area contributed by atoms with Crippen LogP contribution in [0.2, 0.25) is 0 Å². The average Bonchev–Trinajstić information content (AvgIpc) is 3.16. The van der Waals surface area contributed by atoms with Gasteiger partial charge in [-0.3, -0.25) is 15.6 Å². The van der Waals surface area contributed by atoms with Crippen LogP contribution < -0.4 is 25.6 Å². The highest BCUT2D eigenvalue weighted by Gasteiger charge is 2.17. The fourth-order valence-corrected chi connectivity index (χ4v) is 3.34. The summed E-state index contributed by atoms with van der Waals surface area (Å²) >= 11 is 5.02. The monoisotopic (exact) mass is 402 g/mol. The Balaban J connectivity index is 1.70. The molecule has 1 saturated heterocycles. The van der Waals surface area contributed by atoms with Crippen molar-refractivity contribution in [3.05, 3.63) is 24.3 Å². The normalized spacial score (nSPS) is 16.7. The van der Waals surface area contributed by atoms with E-state index in [0.29, 0.717) is 12.3 Å². The highest BCUT2D eigenvalue weighted by molar-refractivity contribution is 7.89. The number of rotatable bonds is 7. The first-order chi connectivity index (χ1) is 12.4. The van der Waals surface area contributed by atoms with Crippen molar-refractivity contribution in [2.75, 3.05) is 26.8 Å². The highest BCUT2D eigenvalue weighted by Crippen LogP contribution is 2.15. The third-order valence-corrected chi connectivity index (χ3v) is 5.29. The number of thiocarbonyl (C=S) groups is 1. The SMILES string of the molecule is COc1ccc(S(=O)(=O)NCC(=O)NNC(=S)NCC2CCCO2)cc1. The molecular formula is C15H22N4O5S2. The highest BCUT2D eigenvalue weighted by atomic mass is 32.2. The van der Waals surface area contributed by atoms with Crippen LogP contribution in [0.4, 0.5) is 0 Å². The summed E-state index contributed by atoms with van der Waals surface area (Å²) < 4.78 is 36.9. The average molecular weight is 402 g/mol. The minimum Gasteiger partial charge on any atom is -0.497 e. The minimum absolute atomic E-state index is 0.0350. The van der Waals surface area contributed by atoms with Gasteiger partial charge in [-0.15, -0.1) is 0 Å². The van der Waals surface area contributed by atoms with Crippen LogP contribution in [0.15, 0.2) is 29.2 Å². The smallest absolute Gasteiger partial charge is 0.253 e. The molecule has 1 unspecified atom stereocenters. The second kappa shape index (κ2) is 9.67. The molecule has 1 fully saturated rings. The number of amides is 1. The molecule has 0 aromatic heterocycles. The summed E-state index contributed by atoms with van der Waals surface area (Å²) in [4.78, 5) is 11.8. The van der Waals surface area contributed by atoms with E-state index in [0.717, 1.165) is 19.4 Å². The maximum Gasteiger partial charge on any atom is 0.253 e. The largest absolute Gasteiger partial charge is 0.497 e. The van der Waals surface area contributed by atoms with Crippen molar-refractivity contribution >= 4 is 33.3 Å². The number of ether oxygens (including phenoxy) is 2. The molecule has 11 heteroatoms. The van der Waals surface area contributed by atoms with Crippen LogP contribution in [-0.4, -0.2) is 52.3 Å². The second-order valence-electron chi connectivity index (χ2n) is 5.52. The van der Waals surface area contributed by atoms with Crippen LogP contribution in [0.25, 0.3) is 0 Å². The molecule has 1 aliphatic heterocycles. The molecule has 0 radical (unpaired) electrons. The Morgan fingerprint density at radius 3 is 2.65 bits per heavy atom. The van der Waals surface area contributed by atoms with E-state index in [4.69, 9.17) is 21.7 Å². The van der Waals surface area contributed by atoms with E-state index in [1.54, 1.807) is 0 Å². The number of carbonyl (C=O) groups is 1. The molecule has 1 aliphatic rings. The molecule has 0 aliphatic carbocycles. The molecule has 4 N–H and O–H groups in total. The first-order valence-corrected chi connectivity index (χ1v) is 9.88. The Labute approximate surface area is 157 Å². The van der Waals surface area contributed by atoms with Crippen LogP contribution in [0.1, 0.15) is 12.8 Å². The quantitative estimate of drug-likeness (QED) is 0.361. The van der Waals surface area contributed by atoms with Gasteiger partial charge in [-0.2, -0.15) is 0 Å². The van der Waals surface area contributed by atoms with Gasteiger partial charge in [0, 0.05) is 13.2 Å². The standard InChI is InChI=1S/C15H22N4O5S2/c1-23-11-4-6-13(7-5-11)26(21,22)17-10-14(20)18-19-15(25)16-9-12-3-2-8-24-12/h4-7,12,17H,2-3,8-10H2,1H3,(H,18,20)(H2,16,19,25). The van der Waals surface area contributed by atoms with Gasteiger partial charge in [-0.25, -0.2) is 13.1 Å². The zero-order valence-electron chi connectivity index (χ0n) is 14.3. The molecule has 1 aromatic rings. The van der Waals surface area contributed by atoms with Crippen molar-refractivity contribution in [1.29, 1.82) is 0 Å². The number of sulfonamides is 1. The van der Waals surface area contributed by atoms with E-state index < -0.39 is 22.5 Å². The fraction of sp³-hybridized carbons (Fsp3) is 0.467. The molecule has 1 heterocycles. The Morgan fingerprint density at radius 1 is 1.31 bits per heavy atom. The Kier molecular flexibility index (Phi) is 7.57. The van der Waals surface area contributed by atoms with E-state index in [2.05, 4.69) is 20.9 Å². The number of hydrazine groups is 1. The number of hydrogen-bond donors (Lipinski definition) is 4. The number of nitrogens with one attached hydrogen (secondary N) is 4. The molecule has 9 nitrogen and oxygen atoms in total. The summed E-state index contributed by atoms with van der Waals surface area (Å²) in [5.74, 6) is -0.0433. The summed E-state index contributed by atoms with van der Waals surface area (Å²) in [6.07, 6.45) is 2.11. The third-order valence-electron chi connectivity index (χ3n) is 3.62. The van der Waals surface area contributed by atoms with Crippen molar-refractivity contribution in [3.63, 3.8) is 0 Å². The Bertz CT molecular complexity index is 718. The van der Waals surface area contributed by atoms with Crippen molar-refractivity contribution in [2.24, 2.45) is 0 Å². The zero-order valence-corrected chi connectivity index (χ0v) is 15.9. The third kappa shape index (κ3) is 6.41. The number of benzene rings is 1.